The van der Waals surface area contributed by atoms with Crippen molar-refractivity contribution in [2.24, 2.45) is 0 Å². The minimum Gasteiger partial charge on any atom is -0.252 e. The fraction of sp³-hybridized carbons (Fsp3) is 0.875. The average molecular weight is 265 g/mol. The molecule has 0 spiro atoms. The molecular formula is C16H31N3. The topological polar surface area (TPSA) is 30.7 Å². The molecular weight excluding hydrogens is 234 g/mol. The largest absolute Gasteiger partial charge is 0.252 e. The van der Waals surface area contributed by atoms with E-state index in [1.807, 2.05) is 4.68 Å². The maximum Gasteiger partial charge on any atom is 0.0827 e. The standard InChI is InChI=1S/C16H31N3/c1-3-5-7-8-9-10-12-14-19-15-16(17-18-19)13-11-6-4-2/h15H,3-14H2,1-2H3. The van der Waals surface area contributed by atoms with Crippen LogP contribution in [-0.2, 0) is 13.0 Å². The zero-order chi connectivity index (χ0) is 13.8. The number of unbranched alkanes of at least 4 members (excludes halogenated alkanes) is 8. The summed E-state index contributed by atoms with van der Waals surface area (Å²) in [4.78, 5) is 0. The lowest BCUT2D eigenvalue weighted by atomic mass is 10.1. The third-order valence-electron chi connectivity index (χ3n) is 3.61. The molecule has 0 atom stereocenters. The molecule has 110 valence electrons. The fourth-order valence-corrected chi connectivity index (χ4v) is 2.35. The van der Waals surface area contributed by atoms with Crippen molar-refractivity contribution in [2.45, 2.75) is 91.0 Å². The number of aryl methyl sites for hydroxylation is 2. The Morgan fingerprint density at radius 1 is 0.842 bits per heavy atom. The van der Waals surface area contributed by atoms with Crippen molar-refractivity contribution in [3.63, 3.8) is 0 Å². The van der Waals surface area contributed by atoms with E-state index in [0.29, 0.717) is 0 Å². The molecule has 0 fully saturated rings. The molecule has 0 aliphatic carbocycles. The van der Waals surface area contributed by atoms with E-state index in [4.69, 9.17) is 0 Å². The van der Waals surface area contributed by atoms with Gasteiger partial charge in [0.2, 0.25) is 0 Å². The van der Waals surface area contributed by atoms with Gasteiger partial charge in [-0.25, -0.2) is 0 Å². The van der Waals surface area contributed by atoms with Gasteiger partial charge in [0.05, 0.1) is 5.69 Å². The first-order chi connectivity index (χ1) is 9.36. The lowest BCUT2D eigenvalue weighted by Gasteiger charge is -2.01. The van der Waals surface area contributed by atoms with Crippen LogP contribution < -0.4 is 0 Å². The minimum absolute atomic E-state index is 1.04. The van der Waals surface area contributed by atoms with Gasteiger partial charge in [0, 0.05) is 12.7 Å². The Hall–Kier alpha value is -0.860. The summed E-state index contributed by atoms with van der Waals surface area (Å²) in [7, 11) is 0. The monoisotopic (exact) mass is 265 g/mol. The van der Waals surface area contributed by atoms with Gasteiger partial charge in [0.25, 0.3) is 0 Å². The SMILES string of the molecule is CCCCCCCCCn1cc(CCCCC)nn1. The molecule has 0 aromatic carbocycles. The van der Waals surface area contributed by atoms with E-state index < -0.39 is 0 Å². The number of nitrogens with zero attached hydrogens (tertiary/aromatic N) is 3. The number of hydrogen-bond acceptors (Lipinski definition) is 2. The van der Waals surface area contributed by atoms with Gasteiger partial charge in [-0.05, 0) is 19.3 Å². The van der Waals surface area contributed by atoms with Crippen molar-refractivity contribution < 1.29 is 0 Å². The Labute approximate surface area is 118 Å². The smallest absolute Gasteiger partial charge is 0.0827 e. The normalized spacial score (nSPS) is 11.1. The minimum atomic E-state index is 1.04. The quantitative estimate of drug-likeness (QED) is 0.510. The highest BCUT2D eigenvalue weighted by atomic mass is 15.4. The van der Waals surface area contributed by atoms with Gasteiger partial charge in [-0.15, -0.1) is 5.10 Å². The summed E-state index contributed by atoms with van der Waals surface area (Å²) < 4.78 is 2.02. The van der Waals surface area contributed by atoms with Crippen LogP contribution in [0.25, 0.3) is 0 Å². The molecule has 0 N–H and O–H groups in total. The van der Waals surface area contributed by atoms with Crippen molar-refractivity contribution in [3.05, 3.63) is 11.9 Å². The third-order valence-corrected chi connectivity index (χ3v) is 3.61. The van der Waals surface area contributed by atoms with E-state index in [0.717, 1.165) is 18.7 Å². The zero-order valence-electron chi connectivity index (χ0n) is 12.9. The summed E-state index contributed by atoms with van der Waals surface area (Å²) in [5.41, 5.74) is 1.16. The Kier molecular flexibility index (Phi) is 9.38. The highest BCUT2D eigenvalue weighted by Crippen LogP contribution is 2.08. The van der Waals surface area contributed by atoms with Crippen LogP contribution in [0.3, 0.4) is 0 Å². The summed E-state index contributed by atoms with van der Waals surface area (Å²) in [6, 6.07) is 0. The Morgan fingerprint density at radius 3 is 2.21 bits per heavy atom. The van der Waals surface area contributed by atoms with E-state index in [1.165, 1.54) is 64.2 Å². The second kappa shape index (κ2) is 11.0. The maximum atomic E-state index is 4.24. The van der Waals surface area contributed by atoms with Crippen LogP contribution in [-0.4, -0.2) is 15.0 Å². The van der Waals surface area contributed by atoms with Crippen LogP contribution in [0, 0.1) is 0 Å². The first kappa shape index (κ1) is 16.2. The van der Waals surface area contributed by atoms with Gasteiger partial charge in [-0.3, -0.25) is 4.68 Å². The van der Waals surface area contributed by atoms with Crippen molar-refractivity contribution in [2.75, 3.05) is 0 Å². The molecule has 3 heteroatoms. The van der Waals surface area contributed by atoms with E-state index >= 15 is 0 Å². The van der Waals surface area contributed by atoms with Crippen molar-refractivity contribution in [1.82, 2.24) is 15.0 Å². The molecule has 0 aliphatic rings. The van der Waals surface area contributed by atoms with Crippen molar-refractivity contribution in [1.29, 1.82) is 0 Å². The van der Waals surface area contributed by atoms with Gasteiger partial charge in [-0.1, -0.05) is 70.4 Å². The van der Waals surface area contributed by atoms with Crippen LogP contribution in [0.4, 0.5) is 0 Å². The first-order valence-electron chi connectivity index (χ1n) is 8.25. The molecule has 0 saturated heterocycles. The second-order valence-electron chi connectivity index (χ2n) is 5.55. The Balaban J connectivity index is 2.03. The molecule has 1 aromatic rings. The molecule has 0 unspecified atom stereocenters. The van der Waals surface area contributed by atoms with Gasteiger partial charge in [-0.2, -0.15) is 0 Å². The van der Waals surface area contributed by atoms with Crippen LogP contribution >= 0.6 is 0 Å². The van der Waals surface area contributed by atoms with Crippen molar-refractivity contribution in [3.8, 4) is 0 Å². The van der Waals surface area contributed by atoms with E-state index in [-0.39, 0.29) is 0 Å². The van der Waals surface area contributed by atoms with E-state index in [2.05, 4.69) is 30.4 Å². The van der Waals surface area contributed by atoms with Crippen molar-refractivity contribution >= 4 is 0 Å². The second-order valence-corrected chi connectivity index (χ2v) is 5.55. The highest BCUT2D eigenvalue weighted by Gasteiger charge is 2.00. The molecule has 0 radical (unpaired) electrons. The molecule has 19 heavy (non-hydrogen) atoms. The average Bonchev–Trinajstić information content (AvgIpc) is 2.86. The number of hydrogen-bond donors (Lipinski definition) is 0. The highest BCUT2D eigenvalue weighted by molar-refractivity contribution is 4.92. The first-order valence-corrected chi connectivity index (χ1v) is 8.25. The maximum absolute atomic E-state index is 4.24. The summed E-state index contributed by atoms with van der Waals surface area (Å²) in [5, 5.41) is 8.45. The van der Waals surface area contributed by atoms with Crippen LogP contribution in [0.1, 0.15) is 83.7 Å². The number of aromatic nitrogens is 3. The predicted molar refractivity (Wildman–Crippen MR) is 81.2 cm³/mol. The molecule has 3 nitrogen and oxygen atoms in total. The van der Waals surface area contributed by atoms with Gasteiger partial charge in [0.15, 0.2) is 0 Å². The van der Waals surface area contributed by atoms with Crippen LogP contribution in [0.2, 0.25) is 0 Å². The van der Waals surface area contributed by atoms with Crippen LogP contribution in [0.5, 0.6) is 0 Å². The molecule has 1 rings (SSSR count). The fourth-order valence-electron chi connectivity index (χ4n) is 2.35. The lowest BCUT2D eigenvalue weighted by Crippen LogP contribution is -1.98. The number of rotatable bonds is 12. The third kappa shape index (κ3) is 8.02. The summed E-state index contributed by atoms with van der Waals surface area (Å²) in [5.74, 6) is 0. The summed E-state index contributed by atoms with van der Waals surface area (Å²) >= 11 is 0. The molecule has 1 heterocycles. The van der Waals surface area contributed by atoms with E-state index in [1.54, 1.807) is 0 Å². The summed E-state index contributed by atoms with van der Waals surface area (Å²) in [6.45, 7) is 5.54. The molecule has 0 aliphatic heterocycles. The summed E-state index contributed by atoms with van der Waals surface area (Å²) in [6.07, 6.45) is 16.5. The molecule has 0 saturated carbocycles. The molecule has 0 amide bonds. The van der Waals surface area contributed by atoms with Gasteiger partial charge < -0.3 is 0 Å². The zero-order valence-corrected chi connectivity index (χ0v) is 12.9. The molecule has 1 aromatic heterocycles. The van der Waals surface area contributed by atoms with Gasteiger partial charge in [0.1, 0.15) is 0 Å². The lowest BCUT2D eigenvalue weighted by molar-refractivity contribution is 0.513. The van der Waals surface area contributed by atoms with E-state index in [9.17, 15) is 0 Å². The predicted octanol–water partition coefficient (Wildman–Crippen LogP) is 4.76. The van der Waals surface area contributed by atoms with Crippen LogP contribution in [0.15, 0.2) is 6.20 Å². The van der Waals surface area contributed by atoms with Gasteiger partial charge >= 0.3 is 0 Å². The Bertz CT molecular complexity index is 307. The Morgan fingerprint density at radius 2 is 1.47 bits per heavy atom. The molecule has 0 bridgehead atoms.